The SMILES string of the molecule is C.C.C.C.C.C.CC(C)[C@H](C)N.CC1=C(N[C@@H](C)C(C)C)CCN(C)C1.CC1CN(C)CCC1=O.CN1CCC(=O)C(C)(C)C1.CN1CCC2=NN(C)C(=O)[C@@]2(C)C1.CN1N=C2CCNC[C@]2(C)C1=O. The fourth-order valence-corrected chi connectivity index (χ4v) is 8.50. The Morgan fingerprint density at radius 2 is 1.09 bits per heavy atom. The van der Waals surface area contributed by atoms with Gasteiger partial charge in [-0.2, -0.15) is 10.2 Å². The van der Waals surface area contributed by atoms with E-state index in [2.05, 4.69) is 103 Å². The summed E-state index contributed by atoms with van der Waals surface area (Å²) < 4.78 is 0. The second-order valence-corrected chi connectivity index (χ2v) is 21.5. The van der Waals surface area contributed by atoms with Gasteiger partial charge in [0.15, 0.2) is 0 Å². The Kier molecular flexibility index (Phi) is 36.4. The lowest BCUT2D eigenvalue weighted by Crippen LogP contribution is -2.49. The smallest absolute Gasteiger partial charge is 0.255 e. The summed E-state index contributed by atoms with van der Waals surface area (Å²) in [5, 5.41) is 18.3. The summed E-state index contributed by atoms with van der Waals surface area (Å²) in [6, 6.07) is 0.938. The molecule has 0 bridgehead atoms. The van der Waals surface area contributed by atoms with Crippen molar-refractivity contribution in [3.8, 4) is 0 Å². The third-order valence-corrected chi connectivity index (χ3v) is 13.9. The molecule has 0 aromatic heterocycles. The molecule has 7 aliphatic heterocycles. The van der Waals surface area contributed by atoms with Gasteiger partial charge >= 0.3 is 0 Å². The molecule has 15 heteroatoms. The van der Waals surface area contributed by atoms with Crippen molar-refractivity contribution in [2.75, 3.05) is 108 Å². The van der Waals surface area contributed by atoms with E-state index < -0.39 is 0 Å². The molecule has 2 amide bonds. The molecule has 0 aliphatic carbocycles. The third kappa shape index (κ3) is 22.4. The van der Waals surface area contributed by atoms with E-state index in [9.17, 15) is 19.2 Å². The standard InChI is InChI=1S/C12H24N2.C9H15N3O.C8H13N3O.C8H15NO.C7H13NO.C5H13N.6CH4/c1-9(2)11(4)13-12-6-7-14(5)8-10(12)3;1-9-6-11(2)5-4-7(9)10-12(3)8(9)13;1-8-5-9-4-3-6(8)10-11(2)7(8)12;1-8(2)6-9(3)5-4-7(8)10;1-6-5-8(2)4-3-7(6)9;1-4(2)5(3)6;;;;;;/h9,11,13H,6-8H2,1-5H3;4-6H2,1-3H3;9H,3-5H2,1-2H3;4-6H2,1-3H3;6H,3-5H2,1-2H3;4-5H,6H2,1-3H3;6*1H4/t11-;9-;8-;;;5-;;;;;;/m000..0....../s1. The Morgan fingerprint density at radius 3 is 1.51 bits per heavy atom. The number of nitrogens with two attached hydrogens (primary N) is 1. The highest BCUT2D eigenvalue weighted by Crippen LogP contribution is 2.34. The molecule has 0 aromatic rings. The van der Waals surface area contributed by atoms with Gasteiger partial charge in [-0.25, -0.2) is 10.0 Å². The van der Waals surface area contributed by atoms with Crippen LogP contribution >= 0.6 is 0 Å². The third-order valence-electron chi connectivity index (χ3n) is 13.9. The Morgan fingerprint density at radius 1 is 0.629 bits per heavy atom. The quantitative estimate of drug-likeness (QED) is 0.248. The number of hydrogen-bond donors (Lipinski definition) is 3. The number of carbonyl (C=O) groups excluding carboxylic acids is 4. The largest absolute Gasteiger partial charge is 0.386 e. The van der Waals surface area contributed by atoms with Crippen molar-refractivity contribution < 1.29 is 19.2 Å². The first-order valence-electron chi connectivity index (χ1n) is 24.0. The van der Waals surface area contributed by atoms with E-state index in [0.717, 1.165) is 96.0 Å². The van der Waals surface area contributed by atoms with Gasteiger partial charge < -0.3 is 36.0 Å². The second-order valence-electron chi connectivity index (χ2n) is 21.5. The number of amides is 2. The van der Waals surface area contributed by atoms with E-state index in [1.165, 1.54) is 34.3 Å². The molecule has 416 valence electrons. The molecule has 15 nitrogen and oxygen atoms in total. The summed E-state index contributed by atoms with van der Waals surface area (Å²) in [4.78, 5) is 54.5. The maximum absolute atomic E-state index is 11.8. The van der Waals surface area contributed by atoms with E-state index >= 15 is 0 Å². The van der Waals surface area contributed by atoms with Crippen LogP contribution in [0.3, 0.4) is 0 Å². The number of rotatable bonds is 4. The van der Waals surface area contributed by atoms with Gasteiger partial charge in [-0.1, -0.05) is 93.0 Å². The monoisotopic (exact) mass is 996 g/mol. The maximum Gasteiger partial charge on any atom is 0.255 e. The Labute approximate surface area is 433 Å². The molecule has 5 atom stereocenters. The Bertz CT molecular complexity index is 1650. The van der Waals surface area contributed by atoms with Crippen LogP contribution in [-0.4, -0.2) is 184 Å². The predicted octanol–water partition coefficient (Wildman–Crippen LogP) is 8.45. The highest BCUT2D eigenvalue weighted by Gasteiger charge is 2.48. The van der Waals surface area contributed by atoms with Crippen molar-refractivity contribution in [1.29, 1.82) is 0 Å². The average Bonchev–Trinajstić information content (AvgIpc) is 3.58. The van der Waals surface area contributed by atoms with E-state index in [1.54, 1.807) is 14.1 Å². The van der Waals surface area contributed by atoms with Gasteiger partial charge in [-0.05, 0) is 86.6 Å². The lowest BCUT2D eigenvalue weighted by molar-refractivity contribution is -0.135. The van der Waals surface area contributed by atoms with Crippen LogP contribution in [0.2, 0.25) is 0 Å². The number of fused-ring (bicyclic) bond motifs is 2. The number of likely N-dealkylation sites (tertiary alicyclic amines) is 3. The summed E-state index contributed by atoms with van der Waals surface area (Å²) in [6.07, 6.45) is 4.47. The van der Waals surface area contributed by atoms with Crippen LogP contribution < -0.4 is 16.4 Å². The lowest BCUT2D eigenvalue weighted by Gasteiger charge is -2.34. The van der Waals surface area contributed by atoms with Gasteiger partial charge in [0.25, 0.3) is 11.8 Å². The van der Waals surface area contributed by atoms with Crippen molar-refractivity contribution in [2.24, 2.45) is 49.9 Å². The molecular weight excluding hydrogens is 879 g/mol. The van der Waals surface area contributed by atoms with Crippen LogP contribution in [0, 0.1) is 34.0 Å². The minimum absolute atomic E-state index is 0. The molecule has 0 spiro atoms. The molecule has 0 aromatic carbocycles. The summed E-state index contributed by atoms with van der Waals surface area (Å²) >= 11 is 0. The number of nitrogens with one attached hydrogen (secondary N) is 2. The number of nitrogens with zero attached hydrogens (tertiary/aromatic N) is 8. The van der Waals surface area contributed by atoms with Crippen LogP contribution in [-0.2, 0) is 19.2 Å². The van der Waals surface area contributed by atoms with Crippen LogP contribution in [0.15, 0.2) is 21.5 Å². The average molecular weight is 997 g/mol. The van der Waals surface area contributed by atoms with Crippen molar-refractivity contribution in [2.45, 2.75) is 172 Å². The van der Waals surface area contributed by atoms with Gasteiger partial charge in [0.1, 0.15) is 22.4 Å². The molecule has 0 radical (unpaired) electrons. The molecule has 70 heavy (non-hydrogen) atoms. The highest BCUT2D eigenvalue weighted by atomic mass is 16.2. The molecule has 1 unspecified atom stereocenters. The van der Waals surface area contributed by atoms with Crippen LogP contribution in [0.5, 0.6) is 0 Å². The van der Waals surface area contributed by atoms with Crippen LogP contribution in [0.4, 0.5) is 0 Å². The van der Waals surface area contributed by atoms with Gasteiger partial charge in [-0.3, -0.25) is 19.2 Å². The van der Waals surface area contributed by atoms with E-state index in [1.807, 2.05) is 48.6 Å². The Balaban J connectivity index is -0.000000241. The van der Waals surface area contributed by atoms with E-state index in [4.69, 9.17) is 5.73 Å². The summed E-state index contributed by atoms with van der Waals surface area (Å²) in [5.74, 6) is 2.68. The predicted molar refractivity (Wildman–Crippen MR) is 305 cm³/mol. The van der Waals surface area contributed by atoms with Crippen LogP contribution in [0.25, 0.3) is 0 Å². The maximum atomic E-state index is 11.8. The van der Waals surface area contributed by atoms with Crippen molar-refractivity contribution >= 4 is 34.8 Å². The highest BCUT2D eigenvalue weighted by molar-refractivity contribution is 6.13. The topological polar surface area (TPSA) is 163 Å². The minimum Gasteiger partial charge on any atom is -0.386 e. The lowest BCUT2D eigenvalue weighted by atomic mass is 9.80. The first-order valence-corrected chi connectivity index (χ1v) is 24.0. The zero-order valence-corrected chi connectivity index (χ0v) is 43.8. The summed E-state index contributed by atoms with van der Waals surface area (Å²) in [7, 11) is 11.8. The first kappa shape index (κ1) is 75.8. The number of piperidine rings is 4. The number of carbonyl (C=O) groups is 4. The fraction of sp³-hybridized carbons (Fsp3) is 0.855. The number of Topliss-reactive ketones (excluding diaryl/α,β-unsaturated/α-hetero) is 2. The first-order chi connectivity index (χ1) is 29.5. The van der Waals surface area contributed by atoms with Gasteiger partial charge in [0.05, 0.1) is 11.4 Å². The molecule has 7 aliphatic rings. The molecule has 4 N–H and O–H groups in total. The minimum atomic E-state index is -0.354. The van der Waals surface area contributed by atoms with Crippen molar-refractivity contribution in [3.05, 3.63) is 11.3 Å². The second kappa shape index (κ2) is 33.6. The Hall–Kier alpha value is -3.08. The molecular formula is C55H117N11O4. The number of hydrazone groups is 2. The van der Waals surface area contributed by atoms with Gasteiger partial charge in [0.2, 0.25) is 0 Å². The molecule has 7 heterocycles. The zero-order valence-electron chi connectivity index (χ0n) is 43.8. The van der Waals surface area contributed by atoms with Gasteiger partial charge in [0, 0.05) is 134 Å². The molecule has 4 saturated heterocycles. The fourth-order valence-electron chi connectivity index (χ4n) is 8.50. The van der Waals surface area contributed by atoms with Crippen molar-refractivity contribution in [1.82, 2.24) is 40.3 Å². The van der Waals surface area contributed by atoms with E-state index in [-0.39, 0.29) is 78.5 Å². The van der Waals surface area contributed by atoms with Crippen molar-refractivity contribution in [3.63, 3.8) is 0 Å². The summed E-state index contributed by atoms with van der Waals surface area (Å²) in [6.45, 7) is 34.8. The number of hydrogen-bond acceptors (Lipinski definition) is 13. The summed E-state index contributed by atoms with van der Waals surface area (Å²) in [5.41, 5.74) is 9.70. The zero-order chi connectivity index (χ0) is 48.9. The number of likely N-dealkylation sites (N-methyl/N-ethyl adjacent to an activating group) is 1. The molecule has 7 rings (SSSR count). The molecule has 0 saturated carbocycles. The molecule has 4 fully saturated rings. The van der Waals surface area contributed by atoms with E-state index in [0.29, 0.717) is 35.5 Å². The normalized spacial score (nSPS) is 25.9. The van der Waals surface area contributed by atoms with Crippen LogP contribution in [0.1, 0.15) is 160 Å². The number of ketones is 2. The van der Waals surface area contributed by atoms with Gasteiger partial charge in [-0.15, -0.1) is 0 Å².